The summed E-state index contributed by atoms with van der Waals surface area (Å²) in [6, 6.07) is 9.56. The third-order valence-corrected chi connectivity index (χ3v) is 3.73. The zero-order chi connectivity index (χ0) is 14.3. The Morgan fingerprint density at radius 2 is 1.90 bits per heavy atom. The second-order valence-corrected chi connectivity index (χ2v) is 5.34. The molecule has 3 aromatic rings. The maximum Gasteiger partial charge on any atom is 0.129 e. The van der Waals surface area contributed by atoms with Crippen LogP contribution < -0.4 is 0 Å². The zero-order valence-electron chi connectivity index (χ0n) is 10.1. The normalized spacial score (nSPS) is 11.2. The minimum absolute atomic E-state index is 0.208. The molecular weight excluding hydrogens is 322 g/mol. The molecule has 2 aromatic carbocycles. The summed E-state index contributed by atoms with van der Waals surface area (Å²) in [4.78, 5) is 4.43. The fraction of sp³-hybridized carbons (Fsp3) is 0.0714. The van der Waals surface area contributed by atoms with Crippen LogP contribution in [0.15, 0.2) is 36.4 Å². The van der Waals surface area contributed by atoms with Gasteiger partial charge in [-0.25, -0.2) is 9.37 Å². The van der Waals surface area contributed by atoms with Gasteiger partial charge in [-0.3, -0.25) is 4.57 Å². The molecule has 0 spiro atoms. The topological polar surface area (TPSA) is 17.8 Å². The van der Waals surface area contributed by atoms with E-state index in [1.54, 1.807) is 22.8 Å². The Morgan fingerprint density at radius 1 is 1.10 bits per heavy atom. The Hall–Kier alpha value is -1.29. The van der Waals surface area contributed by atoms with Crippen molar-refractivity contribution >= 4 is 45.8 Å². The first kappa shape index (κ1) is 13.7. The average molecular weight is 330 g/mol. The van der Waals surface area contributed by atoms with Crippen molar-refractivity contribution in [3.63, 3.8) is 0 Å². The predicted molar refractivity (Wildman–Crippen MR) is 80.6 cm³/mol. The molecule has 1 heterocycles. The van der Waals surface area contributed by atoms with Crippen LogP contribution in [0.25, 0.3) is 16.7 Å². The summed E-state index contributed by atoms with van der Waals surface area (Å²) >= 11 is 18.0. The van der Waals surface area contributed by atoms with Gasteiger partial charge < -0.3 is 0 Å². The molecule has 2 nitrogen and oxygen atoms in total. The van der Waals surface area contributed by atoms with Crippen molar-refractivity contribution in [2.75, 3.05) is 0 Å². The summed E-state index contributed by atoms with van der Waals surface area (Å²) in [5.74, 6) is 0.441. The number of imidazole rings is 1. The molecule has 20 heavy (non-hydrogen) atoms. The minimum Gasteiger partial charge on any atom is -0.294 e. The van der Waals surface area contributed by atoms with Gasteiger partial charge in [0.15, 0.2) is 0 Å². The van der Waals surface area contributed by atoms with Crippen LogP contribution in [0.5, 0.6) is 0 Å². The molecular formula is C14H8Cl3FN2. The predicted octanol–water partition coefficient (Wildman–Crippen LogP) is 5.21. The number of benzene rings is 2. The molecule has 3 rings (SSSR count). The molecule has 0 saturated carbocycles. The molecule has 0 bridgehead atoms. The maximum atomic E-state index is 13.2. The lowest BCUT2D eigenvalue weighted by atomic mass is 10.2. The van der Waals surface area contributed by atoms with Crippen LogP contribution >= 0.6 is 34.8 Å². The quantitative estimate of drug-likeness (QED) is 0.590. The van der Waals surface area contributed by atoms with Crippen molar-refractivity contribution in [3.05, 3.63) is 58.1 Å². The van der Waals surface area contributed by atoms with Gasteiger partial charge in [-0.2, -0.15) is 0 Å². The van der Waals surface area contributed by atoms with Crippen molar-refractivity contribution in [2.24, 2.45) is 0 Å². The summed E-state index contributed by atoms with van der Waals surface area (Å²) < 4.78 is 15.0. The molecule has 0 radical (unpaired) electrons. The Morgan fingerprint density at radius 3 is 2.60 bits per heavy atom. The number of nitrogens with zero attached hydrogens (tertiary/aromatic N) is 2. The molecule has 0 fully saturated rings. The third kappa shape index (κ3) is 2.26. The van der Waals surface area contributed by atoms with Crippen LogP contribution in [0.4, 0.5) is 4.39 Å². The highest BCUT2D eigenvalue weighted by molar-refractivity contribution is 6.32. The standard InChI is InChI=1S/C14H8Cl3FN2/c15-7-14-19-11-5-8(16)1-3-13(11)20(14)12-4-2-9(18)6-10(12)17/h1-6H,7H2. The van der Waals surface area contributed by atoms with E-state index in [-0.39, 0.29) is 5.88 Å². The van der Waals surface area contributed by atoms with Gasteiger partial charge in [0.1, 0.15) is 11.6 Å². The van der Waals surface area contributed by atoms with Crippen LogP contribution in [0.3, 0.4) is 0 Å². The number of fused-ring (bicyclic) bond motifs is 1. The first-order valence-corrected chi connectivity index (χ1v) is 7.07. The van der Waals surface area contributed by atoms with Crippen LogP contribution in [-0.2, 0) is 5.88 Å². The van der Waals surface area contributed by atoms with Crippen molar-refractivity contribution in [1.29, 1.82) is 0 Å². The minimum atomic E-state index is -0.390. The third-order valence-electron chi connectivity index (χ3n) is 2.96. The molecule has 0 N–H and O–H groups in total. The molecule has 0 unspecified atom stereocenters. The van der Waals surface area contributed by atoms with E-state index in [4.69, 9.17) is 34.8 Å². The number of halogens is 4. The van der Waals surface area contributed by atoms with Crippen molar-refractivity contribution in [2.45, 2.75) is 5.88 Å². The van der Waals surface area contributed by atoms with Crippen LogP contribution in [0.2, 0.25) is 10.0 Å². The smallest absolute Gasteiger partial charge is 0.129 e. The average Bonchev–Trinajstić information content (AvgIpc) is 2.76. The van der Waals surface area contributed by atoms with Gasteiger partial charge in [-0.05, 0) is 36.4 Å². The van der Waals surface area contributed by atoms with Crippen molar-refractivity contribution in [3.8, 4) is 5.69 Å². The highest BCUT2D eigenvalue weighted by Crippen LogP contribution is 2.29. The molecule has 0 atom stereocenters. The summed E-state index contributed by atoms with van der Waals surface area (Å²) in [7, 11) is 0. The Balaban J connectivity index is 2.34. The van der Waals surface area contributed by atoms with E-state index >= 15 is 0 Å². The number of alkyl halides is 1. The van der Waals surface area contributed by atoms with Crippen molar-refractivity contribution < 1.29 is 4.39 Å². The van der Waals surface area contributed by atoms with Crippen LogP contribution in [0.1, 0.15) is 5.82 Å². The highest BCUT2D eigenvalue weighted by atomic mass is 35.5. The maximum absolute atomic E-state index is 13.2. The molecule has 1 aromatic heterocycles. The second kappa shape index (κ2) is 5.24. The number of rotatable bonds is 2. The second-order valence-electron chi connectivity index (χ2n) is 4.23. The lowest BCUT2D eigenvalue weighted by Crippen LogP contribution is -2.00. The Labute approximate surface area is 129 Å². The molecule has 0 saturated heterocycles. The number of hydrogen-bond acceptors (Lipinski definition) is 1. The van der Waals surface area contributed by atoms with E-state index in [0.717, 1.165) is 5.52 Å². The molecule has 0 aliphatic rings. The molecule has 0 aliphatic carbocycles. The van der Waals surface area contributed by atoms with E-state index in [0.29, 0.717) is 27.1 Å². The first-order chi connectivity index (χ1) is 9.60. The van der Waals surface area contributed by atoms with E-state index in [1.165, 1.54) is 12.1 Å². The summed E-state index contributed by atoms with van der Waals surface area (Å²) in [5, 5.41) is 0.888. The van der Waals surface area contributed by atoms with E-state index in [2.05, 4.69) is 4.98 Å². The Kier molecular flexibility index (Phi) is 3.59. The van der Waals surface area contributed by atoms with Crippen LogP contribution in [-0.4, -0.2) is 9.55 Å². The van der Waals surface area contributed by atoms with Gasteiger partial charge in [0, 0.05) is 5.02 Å². The molecule has 102 valence electrons. The van der Waals surface area contributed by atoms with Gasteiger partial charge >= 0.3 is 0 Å². The monoisotopic (exact) mass is 328 g/mol. The van der Waals surface area contributed by atoms with E-state index in [9.17, 15) is 4.39 Å². The van der Waals surface area contributed by atoms with Gasteiger partial charge in [0.25, 0.3) is 0 Å². The van der Waals surface area contributed by atoms with Gasteiger partial charge in [-0.1, -0.05) is 23.2 Å². The number of aromatic nitrogens is 2. The number of hydrogen-bond donors (Lipinski definition) is 0. The van der Waals surface area contributed by atoms with Crippen molar-refractivity contribution in [1.82, 2.24) is 9.55 Å². The Bertz CT molecular complexity index is 798. The summed E-state index contributed by atoms with van der Waals surface area (Å²) in [5.41, 5.74) is 2.17. The van der Waals surface area contributed by atoms with E-state index in [1.807, 2.05) is 6.07 Å². The van der Waals surface area contributed by atoms with E-state index < -0.39 is 5.82 Å². The fourth-order valence-corrected chi connectivity index (χ4v) is 2.72. The van der Waals surface area contributed by atoms with Gasteiger partial charge in [0.2, 0.25) is 0 Å². The lowest BCUT2D eigenvalue weighted by Gasteiger charge is -2.10. The molecule has 6 heteroatoms. The SMILES string of the molecule is Fc1ccc(-n2c(CCl)nc3cc(Cl)ccc32)c(Cl)c1. The largest absolute Gasteiger partial charge is 0.294 e. The molecule has 0 amide bonds. The first-order valence-electron chi connectivity index (χ1n) is 5.78. The van der Waals surface area contributed by atoms with Gasteiger partial charge in [0.05, 0.1) is 27.6 Å². The molecule has 0 aliphatic heterocycles. The lowest BCUT2D eigenvalue weighted by molar-refractivity contribution is 0.627. The summed E-state index contributed by atoms with van der Waals surface area (Å²) in [6.45, 7) is 0. The summed E-state index contributed by atoms with van der Waals surface area (Å²) in [6.07, 6.45) is 0. The van der Waals surface area contributed by atoms with Crippen LogP contribution in [0, 0.1) is 5.82 Å². The fourth-order valence-electron chi connectivity index (χ4n) is 2.12. The van der Waals surface area contributed by atoms with Gasteiger partial charge in [-0.15, -0.1) is 11.6 Å². The zero-order valence-corrected chi connectivity index (χ0v) is 12.3. The highest BCUT2D eigenvalue weighted by Gasteiger charge is 2.14.